The highest BCUT2D eigenvalue weighted by molar-refractivity contribution is 5.26. The molecule has 0 aliphatic rings. The van der Waals surface area contributed by atoms with E-state index in [4.69, 9.17) is 20.4 Å². The van der Waals surface area contributed by atoms with Crippen LogP contribution in [0.25, 0.3) is 0 Å². The van der Waals surface area contributed by atoms with Gasteiger partial charge in [-0.3, -0.25) is 0 Å². The van der Waals surface area contributed by atoms with Crippen molar-refractivity contribution in [1.29, 1.82) is 10.8 Å². The van der Waals surface area contributed by atoms with Gasteiger partial charge in [-0.15, -0.1) is 0 Å². The lowest BCUT2D eigenvalue weighted by molar-refractivity contribution is 0.302. The molecule has 0 rings (SSSR count). The zero-order valence-electron chi connectivity index (χ0n) is 10.3. The fraction of sp³-hybridized carbons (Fsp3) is 0.818. The van der Waals surface area contributed by atoms with E-state index in [-0.39, 0.29) is 0 Å². The first-order chi connectivity index (χ1) is 6.78. The smallest absolute Gasteiger partial charge is 0.222 e. The van der Waals surface area contributed by atoms with E-state index >= 15 is 0 Å². The van der Waals surface area contributed by atoms with Gasteiger partial charge in [-0.25, -0.2) is 20.4 Å². The van der Waals surface area contributed by atoms with Crippen molar-refractivity contribution in [1.82, 2.24) is 0 Å². The molecule has 0 aliphatic carbocycles. The Morgan fingerprint density at radius 2 is 1.40 bits per heavy atom. The monoisotopic (exact) mass is 214 g/mol. The van der Waals surface area contributed by atoms with Crippen LogP contribution in [0.5, 0.6) is 0 Å². The maximum Gasteiger partial charge on any atom is 0.231 e. The predicted molar refractivity (Wildman–Crippen MR) is 60.4 cm³/mol. The first-order valence-electron chi connectivity index (χ1n) is 4.86. The van der Waals surface area contributed by atoms with E-state index in [1.54, 1.807) is 0 Å². The molecule has 1 atom stereocenters. The normalized spacial score (nSPS) is 10.5. The molecular formula is C11H22N2O2. The predicted octanol–water partition coefficient (Wildman–Crippen LogP) is 3.27. The molecule has 0 saturated carbocycles. The van der Waals surface area contributed by atoms with Crippen LogP contribution >= 0.6 is 0 Å². The van der Waals surface area contributed by atoms with Gasteiger partial charge in [0.05, 0.1) is 0 Å². The first kappa shape index (κ1) is 19.4. The van der Waals surface area contributed by atoms with Gasteiger partial charge in [0.25, 0.3) is 0 Å². The Morgan fingerprint density at radius 1 is 1.13 bits per heavy atom. The summed E-state index contributed by atoms with van der Waals surface area (Å²) >= 11 is 0. The third kappa shape index (κ3) is 44.5. The zero-order valence-corrected chi connectivity index (χ0v) is 10.3. The van der Waals surface area contributed by atoms with Crippen molar-refractivity contribution in [3.8, 4) is 0 Å². The second-order valence-corrected chi connectivity index (χ2v) is 4.48. The van der Waals surface area contributed by atoms with Crippen molar-refractivity contribution in [2.75, 3.05) is 0 Å². The molecule has 0 bridgehead atoms. The quantitative estimate of drug-likeness (QED) is 0.546. The number of carbonyl (C=O) groups excluding carboxylic acids is 2. The molecule has 0 saturated heterocycles. The molecule has 0 radical (unpaired) electrons. The van der Waals surface area contributed by atoms with E-state index in [0.717, 1.165) is 18.1 Å². The molecule has 4 nitrogen and oxygen atoms in total. The molecule has 1 unspecified atom stereocenters. The van der Waals surface area contributed by atoms with Crippen LogP contribution in [-0.2, 0) is 9.59 Å². The summed E-state index contributed by atoms with van der Waals surface area (Å²) in [4.78, 5) is 16.7. The van der Waals surface area contributed by atoms with E-state index in [2.05, 4.69) is 34.6 Å². The molecule has 0 aromatic carbocycles. The first-order valence-corrected chi connectivity index (χ1v) is 4.86. The Kier molecular flexibility index (Phi) is 16.5. The van der Waals surface area contributed by atoms with Crippen molar-refractivity contribution >= 4 is 12.2 Å². The molecular weight excluding hydrogens is 192 g/mol. The Morgan fingerprint density at radius 3 is 1.47 bits per heavy atom. The van der Waals surface area contributed by atoms with Gasteiger partial charge in [-0.2, -0.15) is 0 Å². The third-order valence-electron chi connectivity index (χ3n) is 1.66. The molecule has 0 aromatic rings. The minimum Gasteiger partial charge on any atom is -0.222 e. The van der Waals surface area contributed by atoms with Gasteiger partial charge in [0, 0.05) is 0 Å². The van der Waals surface area contributed by atoms with Crippen LogP contribution < -0.4 is 0 Å². The van der Waals surface area contributed by atoms with E-state index in [1.807, 2.05) is 0 Å². The van der Waals surface area contributed by atoms with Crippen LogP contribution in [0.15, 0.2) is 0 Å². The van der Waals surface area contributed by atoms with Gasteiger partial charge < -0.3 is 0 Å². The van der Waals surface area contributed by atoms with Crippen LogP contribution in [0, 0.1) is 22.2 Å². The van der Waals surface area contributed by atoms with E-state index in [0.29, 0.717) is 5.41 Å². The highest BCUT2D eigenvalue weighted by Crippen LogP contribution is 2.25. The van der Waals surface area contributed by atoms with Crippen LogP contribution in [-0.4, -0.2) is 12.2 Å². The van der Waals surface area contributed by atoms with Crippen molar-refractivity contribution in [2.24, 2.45) is 11.3 Å². The van der Waals surface area contributed by atoms with E-state index in [9.17, 15) is 0 Å². The maximum absolute atomic E-state index is 8.35. The topological polar surface area (TPSA) is 81.8 Å². The Bertz CT molecular complexity index is 183. The second kappa shape index (κ2) is 12.8. The highest BCUT2D eigenvalue weighted by atomic mass is 16.1. The number of isocyanates is 2. The molecule has 0 aromatic heterocycles. The minimum atomic E-state index is 0.523. The number of hydrogen-bond acceptors (Lipinski definition) is 4. The minimum absolute atomic E-state index is 0.523. The molecule has 0 amide bonds. The fourth-order valence-electron chi connectivity index (χ4n) is 1.19. The molecule has 88 valence electrons. The number of hydrogen-bond donors (Lipinski definition) is 2. The largest absolute Gasteiger partial charge is 0.231 e. The molecule has 4 heteroatoms. The van der Waals surface area contributed by atoms with Gasteiger partial charge in [0.1, 0.15) is 0 Å². The summed E-state index contributed by atoms with van der Waals surface area (Å²) < 4.78 is 0. The van der Waals surface area contributed by atoms with Crippen molar-refractivity contribution in [2.45, 2.75) is 47.5 Å². The Balaban J connectivity index is -0.000000200. The van der Waals surface area contributed by atoms with Gasteiger partial charge in [-0.1, -0.05) is 41.0 Å². The van der Waals surface area contributed by atoms with Gasteiger partial charge >= 0.3 is 0 Å². The number of nitrogens with one attached hydrogen (secondary N) is 2. The molecule has 0 aliphatic heterocycles. The summed E-state index contributed by atoms with van der Waals surface area (Å²) in [5.41, 5.74) is 0.523. The van der Waals surface area contributed by atoms with Crippen molar-refractivity contribution in [3.63, 3.8) is 0 Å². The summed E-state index contributed by atoms with van der Waals surface area (Å²) in [7, 11) is 0. The van der Waals surface area contributed by atoms with E-state index in [1.165, 1.54) is 12.8 Å². The highest BCUT2D eigenvalue weighted by Gasteiger charge is 2.13. The fourth-order valence-corrected chi connectivity index (χ4v) is 1.19. The van der Waals surface area contributed by atoms with Crippen molar-refractivity contribution in [3.05, 3.63) is 0 Å². The molecule has 2 N–H and O–H groups in total. The lowest BCUT2D eigenvalue weighted by Gasteiger charge is -2.21. The summed E-state index contributed by atoms with van der Waals surface area (Å²) in [5.74, 6) is 0.894. The molecule has 0 spiro atoms. The average molecular weight is 214 g/mol. The third-order valence-corrected chi connectivity index (χ3v) is 1.66. The van der Waals surface area contributed by atoms with Crippen molar-refractivity contribution < 1.29 is 9.59 Å². The standard InChI is InChI=1S/C9H20.2CHNO/c1-6-8(2)7-9(3,4)5;2*2-1-3/h8H,6-7H2,1-5H3;2*2H. The zero-order chi connectivity index (χ0) is 12.9. The van der Waals surface area contributed by atoms with Crippen LogP contribution in [0.2, 0.25) is 0 Å². The van der Waals surface area contributed by atoms with Crippen LogP contribution in [0.3, 0.4) is 0 Å². The van der Waals surface area contributed by atoms with E-state index < -0.39 is 0 Å². The molecule has 0 fully saturated rings. The summed E-state index contributed by atoms with van der Waals surface area (Å²) in [5, 5.41) is 10.8. The molecule has 0 heterocycles. The van der Waals surface area contributed by atoms with Gasteiger partial charge in [0.2, 0.25) is 12.2 Å². The lowest BCUT2D eigenvalue weighted by atomic mass is 9.84. The van der Waals surface area contributed by atoms with Gasteiger partial charge in [-0.05, 0) is 17.8 Å². The lowest BCUT2D eigenvalue weighted by Crippen LogP contribution is -2.09. The maximum atomic E-state index is 8.35. The SMILES string of the molecule is CCC(C)CC(C)(C)C.N=C=O.N=C=O. The number of rotatable bonds is 2. The second-order valence-electron chi connectivity index (χ2n) is 4.48. The van der Waals surface area contributed by atoms with Gasteiger partial charge in [0.15, 0.2) is 0 Å². The summed E-state index contributed by atoms with van der Waals surface area (Å²) in [6.07, 6.45) is 4.17. The Hall–Kier alpha value is -1.24. The summed E-state index contributed by atoms with van der Waals surface area (Å²) in [6.45, 7) is 11.5. The Labute approximate surface area is 92.1 Å². The summed E-state index contributed by atoms with van der Waals surface area (Å²) in [6, 6.07) is 0. The van der Waals surface area contributed by atoms with Crippen LogP contribution in [0.4, 0.5) is 0 Å². The molecule has 15 heavy (non-hydrogen) atoms. The van der Waals surface area contributed by atoms with Crippen LogP contribution in [0.1, 0.15) is 47.5 Å². The average Bonchev–Trinajstić information content (AvgIpc) is 2.04.